The summed E-state index contributed by atoms with van der Waals surface area (Å²) in [7, 11) is 0. The Bertz CT molecular complexity index is 846. The van der Waals surface area contributed by atoms with Crippen molar-refractivity contribution in [3.05, 3.63) is 58.1 Å². The molecular weight excluding hydrogens is 308 g/mol. The van der Waals surface area contributed by atoms with E-state index in [1.165, 1.54) is 16.7 Å². The van der Waals surface area contributed by atoms with Crippen LogP contribution in [-0.4, -0.2) is 11.1 Å². The normalized spacial score (nSPS) is 14.0. The second kappa shape index (κ2) is 5.72. The van der Waals surface area contributed by atoms with Crippen molar-refractivity contribution in [3.63, 3.8) is 0 Å². The Morgan fingerprint density at radius 3 is 1.96 bits per heavy atom. The summed E-state index contributed by atoms with van der Waals surface area (Å²) >= 11 is 0. The van der Waals surface area contributed by atoms with E-state index >= 15 is 0 Å². The molecule has 1 aliphatic carbocycles. The predicted molar refractivity (Wildman–Crippen MR) is 104 cm³/mol. The maximum absolute atomic E-state index is 12.0. The van der Waals surface area contributed by atoms with Crippen molar-refractivity contribution in [2.24, 2.45) is 0 Å². The summed E-state index contributed by atoms with van der Waals surface area (Å²) in [5.74, 6) is -0.838. The van der Waals surface area contributed by atoms with Gasteiger partial charge >= 0.3 is 5.97 Å². The number of carboxylic acid groups (broad SMARTS) is 1. The molecule has 0 atom stereocenters. The highest BCUT2D eigenvalue weighted by atomic mass is 16.4. The largest absolute Gasteiger partial charge is 0.478 e. The molecule has 0 fully saturated rings. The van der Waals surface area contributed by atoms with Crippen LogP contribution in [-0.2, 0) is 23.7 Å². The number of rotatable bonds is 1. The zero-order chi connectivity index (χ0) is 18.6. The Morgan fingerprint density at radius 1 is 0.840 bits per heavy atom. The monoisotopic (exact) mass is 336 g/mol. The van der Waals surface area contributed by atoms with Crippen LogP contribution in [0, 0.1) is 0 Å². The quantitative estimate of drug-likeness (QED) is 0.720. The number of aromatic carboxylic acids is 1. The number of hydrogen-bond donors (Lipinski definition) is 1. The van der Waals surface area contributed by atoms with Gasteiger partial charge in [0.1, 0.15) is 0 Å². The average molecular weight is 336 g/mol. The molecule has 0 bridgehead atoms. The minimum atomic E-state index is -0.838. The molecular formula is C23H28O2. The van der Waals surface area contributed by atoms with Crippen molar-refractivity contribution in [3.8, 4) is 11.1 Å². The third-order valence-electron chi connectivity index (χ3n) is 5.22. The molecule has 0 spiro atoms. The summed E-state index contributed by atoms with van der Waals surface area (Å²) in [4.78, 5) is 12.0. The number of carboxylic acids is 1. The molecule has 0 amide bonds. The van der Waals surface area contributed by atoms with Crippen LogP contribution in [0.5, 0.6) is 0 Å². The summed E-state index contributed by atoms with van der Waals surface area (Å²) < 4.78 is 0. The number of hydrogen-bond acceptors (Lipinski definition) is 1. The lowest BCUT2D eigenvalue weighted by atomic mass is 9.76. The summed E-state index contributed by atoms with van der Waals surface area (Å²) in [5.41, 5.74) is 7.32. The molecule has 0 saturated carbocycles. The molecule has 1 aliphatic rings. The number of fused-ring (bicyclic) bond motifs is 3. The standard InChI is InChI=1S/C23H28O2/c1-22(2,3)16-9-10-18-14(11-16)7-8-15-12-17(23(4,5)6)13-19(20(15)18)21(24)25/h9-13H,7-8H2,1-6H3,(H,24,25). The van der Waals surface area contributed by atoms with E-state index in [0.29, 0.717) is 5.56 Å². The van der Waals surface area contributed by atoms with Gasteiger partial charge in [0, 0.05) is 0 Å². The maximum Gasteiger partial charge on any atom is 0.336 e. The van der Waals surface area contributed by atoms with E-state index in [9.17, 15) is 9.90 Å². The van der Waals surface area contributed by atoms with Gasteiger partial charge in [0.25, 0.3) is 0 Å². The summed E-state index contributed by atoms with van der Waals surface area (Å²) in [6.45, 7) is 13.0. The fraction of sp³-hybridized carbons (Fsp3) is 0.435. The second-order valence-corrected chi connectivity index (χ2v) is 9.24. The minimum Gasteiger partial charge on any atom is -0.478 e. The molecule has 1 N–H and O–H groups in total. The molecule has 0 aromatic heterocycles. The molecule has 2 nitrogen and oxygen atoms in total. The number of aryl methyl sites for hydroxylation is 2. The first-order valence-corrected chi connectivity index (χ1v) is 9.03. The molecule has 3 rings (SSSR count). The fourth-order valence-corrected chi connectivity index (χ4v) is 3.60. The van der Waals surface area contributed by atoms with Crippen molar-refractivity contribution in [2.45, 2.75) is 65.2 Å². The van der Waals surface area contributed by atoms with E-state index in [1.54, 1.807) is 0 Å². The lowest BCUT2D eigenvalue weighted by molar-refractivity contribution is 0.0697. The molecule has 0 unspecified atom stereocenters. The Kier molecular flexibility index (Phi) is 4.06. The highest BCUT2D eigenvalue weighted by Gasteiger charge is 2.27. The van der Waals surface area contributed by atoms with Crippen LogP contribution in [0.1, 0.15) is 74.2 Å². The topological polar surface area (TPSA) is 37.3 Å². The first kappa shape index (κ1) is 17.7. The van der Waals surface area contributed by atoms with Gasteiger partial charge < -0.3 is 5.11 Å². The molecule has 2 heteroatoms. The van der Waals surface area contributed by atoms with Crippen molar-refractivity contribution < 1.29 is 9.90 Å². The van der Waals surface area contributed by atoms with Gasteiger partial charge in [-0.2, -0.15) is 0 Å². The zero-order valence-corrected chi connectivity index (χ0v) is 16.2. The first-order valence-electron chi connectivity index (χ1n) is 9.03. The van der Waals surface area contributed by atoms with Gasteiger partial charge in [-0.25, -0.2) is 4.79 Å². The van der Waals surface area contributed by atoms with E-state index in [0.717, 1.165) is 29.5 Å². The third-order valence-corrected chi connectivity index (χ3v) is 5.22. The molecule has 0 saturated heterocycles. The van der Waals surface area contributed by atoms with Crippen LogP contribution in [0.15, 0.2) is 30.3 Å². The molecule has 0 radical (unpaired) electrons. The van der Waals surface area contributed by atoms with Crippen LogP contribution in [0.3, 0.4) is 0 Å². The highest BCUT2D eigenvalue weighted by Crippen LogP contribution is 2.40. The second-order valence-electron chi connectivity index (χ2n) is 9.24. The van der Waals surface area contributed by atoms with Gasteiger partial charge in [0.2, 0.25) is 0 Å². The van der Waals surface area contributed by atoms with E-state index in [-0.39, 0.29) is 10.8 Å². The summed E-state index contributed by atoms with van der Waals surface area (Å²) in [6.07, 6.45) is 1.87. The van der Waals surface area contributed by atoms with Crippen LogP contribution in [0.4, 0.5) is 0 Å². The lowest BCUT2D eigenvalue weighted by Crippen LogP contribution is -2.18. The van der Waals surface area contributed by atoms with Crippen molar-refractivity contribution in [1.82, 2.24) is 0 Å². The van der Waals surface area contributed by atoms with Crippen molar-refractivity contribution in [1.29, 1.82) is 0 Å². The van der Waals surface area contributed by atoms with Gasteiger partial charge in [-0.1, -0.05) is 65.8 Å². The number of carbonyl (C=O) groups is 1. The number of benzene rings is 2. The van der Waals surface area contributed by atoms with Crippen LogP contribution >= 0.6 is 0 Å². The molecule has 25 heavy (non-hydrogen) atoms. The van der Waals surface area contributed by atoms with E-state index in [4.69, 9.17) is 0 Å². The molecule has 132 valence electrons. The lowest BCUT2D eigenvalue weighted by Gasteiger charge is -2.28. The fourth-order valence-electron chi connectivity index (χ4n) is 3.60. The van der Waals surface area contributed by atoms with Gasteiger partial charge in [-0.3, -0.25) is 0 Å². The Labute approximate surface area is 150 Å². The smallest absolute Gasteiger partial charge is 0.336 e. The predicted octanol–water partition coefficient (Wildman–Crippen LogP) is 5.75. The maximum atomic E-state index is 12.0. The molecule has 0 heterocycles. The van der Waals surface area contributed by atoms with Crippen LogP contribution < -0.4 is 0 Å². The third kappa shape index (κ3) is 3.22. The average Bonchev–Trinajstić information content (AvgIpc) is 2.51. The van der Waals surface area contributed by atoms with E-state index < -0.39 is 5.97 Å². The van der Waals surface area contributed by atoms with Crippen molar-refractivity contribution in [2.75, 3.05) is 0 Å². The van der Waals surface area contributed by atoms with Crippen molar-refractivity contribution >= 4 is 5.97 Å². The van der Waals surface area contributed by atoms with E-state index in [2.05, 4.69) is 65.8 Å². The minimum absolute atomic E-state index is 0.0599. The summed E-state index contributed by atoms with van der Waals surface area (Å²) in [6, 6.07) is 10.6. The van der Waals surface area contributed by atoms with Crippen LogP contribution in [0.25, 0.3) is 11.1 Å². The van der Waals surface area contributed by atoms with E-state index in [1.807, 2.05) is 6.07 Å². The van der Waals surface area contributed by atoms with Gasteiger partial charge in [0.05, 0.1) is 5.56 Å². The van der Waals surface area contributed by atoms with Gasteiger partial charge in [-0.15, -0.1) is 0 Å². The Hall–Kier alpha value is -2.09. The highest BCUT2D eigenvalue weighted by molar-refractivity contribution is 5.98. The summed E-state index contributed by atoms with van der Waals surface area (Å²) in [5, 5.41) is 9.84. The molecule has 0 aliphatic heterocycles. The molecule has 2 aromatic carbocycles. The SMILES string of the molecule is CC(C)(C)c1ccc2c(c1)CCc1cc(C(C)(C)C)cc(C(=O)O)c1-2. The first-order chi connectivity index (χ1) is 11.5. The van der Waals surface area contributed by atoms with Gasteiger partial charge in [-0.05, 0) is 63.1 Å². The Morgan fingerprint density at radius 2 is 1.40 bits per heavy atom. The Balaban J connectivity index is 2.24. The zero-order valence-electron chi connectivity index (χ0n) is 16.2. The van der Waals surface area contributed by atoms with Gasteiger partial charge in [0.15, 0.2) is 0 Å². The van der Waals surface area contributed by atoms with Crippen LogP contribution in [0.2, 0.25) is 0 Å². The molecule has 2 aromatic rings.